The first kappa shape index (κ1) is 10.5. The van der Waals surface area contributed by atoms with Crippen molar-refractivity contribution >= 4 is 0 Å². The average molecular weight is 155 g/mol. The third-order valence-corrected chi connectivity index (χ3v) is 1.61. The van der Waals surface area contributed by atoms with E-state index < -0.39 is 0 Å². The summed E-state index contributed by atoms with van der Waals surface area (Å²) in [5.74, 6) is 2.56. The minimum Gasteiger partial charge on any atom is -0.396 e. The topological polar surface area (TPSA) is 32.3 Å². The molecule has 2 nitrogen and oxygen atoms in total. The highest BCUT2D eigenvalue weighted by molar-refractivity contribution is 4.86. The summed E-state index contributed by atoms with van der Waals surface area (Å²) in [5.41, 5.74) is 0.00556. The summed E-state index contributed by atoms with van der Waals surface area (Å²) in [6.07, 6.45) is 6.60. The first-order valence-electron chi connectivity index (χ1n) is 3.92. The number of nitrogens with one attached hydrogen (secondary N) is 1. The lowest BCUT2D eigenvalue weighted by molar-refractivity contribution is 0.232. The smallest absolute Gasteiger partial charge is 0.0448 e. The zero-order valence-corrected chi connectivity index (χ0v) is 7.35. The minimum absolute atomic E-state index is 0.00556. The van der Waals surface area contributed by atoms with Crippen LogP contribution < -0.4 is 5.32 Å². The Balaban J connectivity index is 3.48. The maximum Gasteiger partial charge on any atom is 0.0448 e. The molecular weight excluding hydrogens is 138 g/mol. The molecule has 0 heterocycles. The van der Waals surface area contributed by atoms with Crippen LogP contribution in [0.1, 0.15) is 26.7 Å². The van der Waals surface area contributed by atoms with Crippen molar-refractivity contribution in [2.24, 2.45) is 0 Å². The lowest BCUT2D eigenvalue weighted by Crippen LogP contribution is -2.40. The summed E-state index contributed by atoms with van der Waals surface area (Å²) in [7, 11) is 0. The average Bonchev–Trinajstić information content (AvgIpc) is 1.87. The zero-order chi connectivity index (χ0) is 8.74. The SMILES string of the molecule is C#CCCNC(C)(C)CCO. The number of hydrogen-bond donors (Lipinski definition) is 2. The Bertz CT molecular complexity index is 135. The van der Waals surface area contributed by atoms with E-state index in [2.05, 4.69) is 25.1 Å². The van der Waals surface area contributed by atoms with E-state index in [9.17, 15) is 0 Å². The molecule has 0 aliphatic rings. The largest absolute Gasteiger partial charge is 0.396 e. The van der Waals surface area contributed by atoms with Crippen molar-refractivity contribution in [1.82, 2.24) is 5.32 Å². The summed E-state index contributed by atoms with van der Waals surface area (Å²) in [5, 5.41) is 11.9. The number of rotatable bonds is 5. The molecule has 0 unspecified atom stereocenters. The second-order valence-electron chi connectivity index (χ2n) is 3.24. The fourth-order valence-electron chi connectivity index (χ4n) is 0.841. The standard InChI is InChI=1S/C9H17NO/c1-4-5-7-10-9(2,3)6-8-11/h1,10-11H,5-8H2,2-3H3. The van der Waals surface area contributed by atoms with Gasteiger partial charge in [-0.05, 0) is 20.3 Å². The van der Waals surface area contributed by atoms with Crippen molar-refractivity contribution in [1.29, 1.82) is 0 Å². The summed E-state index contributed by atoms with van der Waals surface area (Å²) < 4.78 is 0. The number of terminal acetylenes is 1. The zero-order valence-electron chi connectivity index (χ0n) is 7.35. The maximum atomic E-state index is 8.68. The molecule has 0 aromatic heterocycles. The molecule has 0 aliphatic heterocycles. The lowest BCUT2D eigenvalue weighted by atomic mass is 10.0. The number of hydrogen-bond acceptors (Lipinski definition) is 2. The van der Waals surface area contributed by atoms with Gasteiger partial charge in [-0.3, -0.25) is 0 Å². The summed E-state index contributed by atoms with van der Waals surface area (Å²) in [6.45, 7) is 5.15. The van der Waals surface area contributed by atoms with Crippen molar-refractivity contribution < 1.29 is 5.11 Å². The summed E-state index contributed by atoms with van der Waals surface area (Å²) in [6, 6.07) is 0. The highest BCUT2D eigenvalue weighted by atomic mass is 16.3. The molecule has 0 saturated heterocycles. The van der Waals surface area contributed by atoms with Crippen LogP contribution >= 0.6 is 0 Å². The highest BCUT2D eigenvalue weighted by Gasteiger charge is 2.14. The van der Waals surface area contributed by atoms with E-state index in [1.165, 1.54) is 0 Å². The molecule has 0 aliphatic carbocycles. The van der Waals surface area contributed by atoms with Crippen LogP contribution in [-0.4, -0.2) is 23.8 Å². The van der Waals surface area contributed by atoms with Crippen LogP contribution in [0, 0.1) is 12.3 Å². The Morgan fingerprint density at radius 3 is 2.64 bits per heavy atom. The predicted molar refractivity (Wildman–Crippen MR) is 47.2 cm³/mol. The normalized spacial score (nSPS) is 11.1. The Morgan fingerprint density at radius 1 is 1.55 bits per heavy atom. The summed E-state index contributed by atoms with van der Waals surface area (Å²) in [4.78, 5) is 0. The van der Waals surface area contributed by atoms with Crippen molar-refractivity contribution in [3.8, 4) is 12.3 Å². The van der Waals surface area contributed by atoms with Gasteiger partial charge in [-0.1, -0.05) is 0 Å². The molecule has 11 heavy (non-hydrogen) atoms. The van der Waals surface area contributed by atoms with E-state index >= 15 is 0 Å². The second kappa shape index (κ2) is 5.17. The molecule has 0 bridgehead atoms. The molecule has 0 fully saturated rings. The van der Waals surface area contributed by atoms with Crippen LogP contribution in [0.2, 0.25) is 0 Å². The van der Waals surface area contributed by atoms with E-state index in [0.717, 1.165) is 19.4 Å². The van der Waals surface area contributed by atoms with Gasteiger partial charge in [0, 0.05) is 25.1 Å². The van der Waals surface area contributed by atoms with Gasteiger partial charge in [-0.15, -0.1) is 12.3 Å². The number of aliphatic hydroxyl groups excluding tert-OH is 1. The molecule has 0 saturated carbocycles. The molecule has 0 spiro atoms. The molecule has 0 aromatic rings. The van der Waals surface area contributed by atoms with Gasteiger partial charge in [0.2, 0.25) is 0 Å². The van der Waals surface area contributed by atoms with E-state index in [1.54, 1.807) is 0 Å². The highest BCUT2D eigenvalue weighted by Crippen LogP contribution is 2.06. The minimum atomic E-state index is 0.00556. The Hall–Kier alpha value is -0.520. The van der Waals surface area contributed by atoms with Crippen molar-refractivity contribution in [2.75, 3.05) is 13.2 Å². The van der Waals surface area contributed by atoms with E-state index in [1.807, 2.05) is 0 Å². The third-order valence-electron chi connectivity index (χ3n) is 1.61. The van der Waals surface area contributed by atoms with Crippen molar-refractivity contribution in [3.05, 3.63) is 0 Å². The van der Waals surface area contributed by atoms with Crippen LogP contribution in [0.25, 0.3) is 0 Å². The second-order valence-corrected chi connectivity index (χ2v) is 3.24. The van der Waals surface area contributed by atoms with Gasteiger partial charge >= 0.3 is 0 Å². The van der Waals surface area contributed by atoms with Crippen molar-refractivity contribution in [2.45, 2.75) is 32.2 Å². The molecule has 0 radical (unpaired) electrons. The fourth-order valence-corrected chi connectivity index (χ4v) is 0.841. The van der Waals surface area contributed by atoms with Crippen LogP contribution in [0.3, 0.4) is 0 Å². The Morgan fingerprint density at radius 2 is 2.18 bits per heavy atom. The molecule has 64 valence electrons. The molecule has 0 atom stereocenters. The quantitative estimate of drug-likeness (QED) is 0.454. The Labute approximate surface area is 69.0 Å². The van der Waals surface area contributed by atoms with Gasteiger partial charge < -0.3 is 10.4 Å². The van der Waals surface area contributed by atoms with Crippen LogP contribution in [0.15, 0.2) is 0 Å². The van der Waals surface area contributed by atoms with E-state index in [0.29, 0.717) is 0 Å². The molecule has 2 heteroatoms. The van der Waals surface area contributed by atoms with Gasteiger partial charge in [-0.2, -0.15) is 0 Å². The first-order chi connectivity index (χ1) is 5.12. The fraction of sp³-hybridized carbons (Fsp3) is 0.778. The van der Waals surface area contributed by atoms with Gasteiger partial charge in [0.05, 0.1) is 0 Å². The Kier molecular flexibility index (Phi) is 4.93. The van der Waals surface area contributed by atoms with E-state index in [4.69, 9.17) is 11.5 Å². The molecular formula is C9H17NO. The first-order valence-corrected chi connectivity index (χ1v) is 3.92. The van der Waals surface area contributed by atoms with Crippen LogP contribution in [0.5, 0.6) is 0 Å². The van der Waals surface area contributed by atoms with Gasteiger partial charge in [0.25, 0.3) is 0 Å². The van der Waals surface area contributed by atoms with Gasteiger partial charge in [0.15, 0.2) is 0 Å². The predicted octanol–water partition coefficient (Wildman–Crippen LogP) is 0.760. The van der Waals surface area contributed by atoms with Crippen LogP contribution in [-0.2, 0) is 0 Å². The van der Waals surface area contributed by atoms with Crippen LogP contribution in [0.4, 0.5) is 0 Å². The molecule has 0 rings (SSSR count). The van der Waals surface area contributed by atoms with Gasteiger partial charge in [-0.25, -0.2) is 0 Å². The maximum absolute atomic E-state index is 8.68. The molecule has 2 N–H and O–H groups in total. The van der Waals surface area contributed by atoms with E-state index in [-0.39, 0.29) is 12.1 Å². The summed E-state index contributed by atoms with van der Waals surface area (Å²) >= 11 is 0. The number of aliphatic hydroxyl groups is 1. The molecule has 0 aromatic carbocycles. The monoisotopic (exact) mass is 155 g/mol. The lowest BCUT2D eigenvalue weighted by Gasteiger charge is -2.24. The third kappa shape index (κ3) is 5.90. The van der Waals surface area contributed by atoms with Crippen molar-refractivity contribution in [3.63, 3.8) is 0 Å². The molecule has 0 amide bonds. The van der Waals surface area contributed by atoms with Gasteiger partial charge in [0.1, 0.15) is 0 Å².